The number of primary amides is 1. The van der Waals surface area contributed by atoms with Crippen LogP contribution >= 0.6 is 0 Å². The minimum absolute atomic E-state index is 0.00878. The van der Waals surface area contributed by atoms with Crippen LogP contribution in [-0.4, -0.2) is 78.9 Å². The maximum absolute atomic E-state index is 13.0. The Kier molecular flexibility index (Phi) is 13.9. The van der Waals surface area contributed by atoms with Crippen molar-refractivity contribution < 1.29 is 23.9 Å². The van der Waals surface area contributed by atoms with Crippen LogP contribution in [0.2, 0.25) is 0 Å². The smallest absolute Gasteiger partial charge is 0.409 e. The fourth-order valence-corrected chi connectivity index (χ4v) is 3.55. The number of ketones is 1. The molecule has 0 bridgehead atoms. The van der Waals surface area contributed by atoms with Gasteiger partial charge < -0.3 is 31.7 Å². The summed E-state index contributed by atoms with van der Waals surface area (Å²) in [6.07, 6.45) is 0.466. The van der Waals surface area contributed by atoms with E-state index in [2.05, 4.69) is 36.3 Å². The van der Waals surface area contributed by atoms with Crippen LogP contribution in [0.1, 0.15) is 59.4 Å². The van der Waals surface area contributed by atoms with Crippen LogP contribution in [-0.2, 0) is 20.9 Å². The van der Waals surface area contributed by atoms with E-state index in [0.29, 0.717) is 31.6 Å². The number of anilines is 1. The summed E-state index contributed by atoms with van der Waals surface area (Å²) >= 11 is 0. The van der Waals surface area contributed by atoms with Crippen molar-refractivity contribution in [3.05, 3.63) is 29.8 Å². The quantitative estimate of drug-likeness (QED) is 0.245. The number of amides is 4. The number of Topliss-reactive ketones (excluding diaryl/α,β-unsaturated/α-hetero) is 1. The average Bonchev–Trinajstić information content (AvgIpc) is 2.86. The molecule has 4 amide bonds. The highest BCUT2D eigenvalue weighted by molar-refractivity contribution is 5.96. The van der Waals surface area contributed by atoms with E-state index in [1.165, 1.54) is 0 Å². The molecular formula is C28H48N6O5. The molecule has 0 aromatic heterocycles. The van der Waals surface area contributed by atoms with Gasteiger partial charge in [-0.05, 0) is 64.3 Å². The molecule has 0 aliphatic rings. The number of carbonyl (C=O) groups is 4. The molecule has 0 aliphatic heterocycles. The number of nitrogens with zero attached hydrogens (tertiary/aromatic N) is 2. The van der Waals surface area contributed by atoms with Crippen LogP contribution in [0.5, 0.6) is 0 Å². The fourth-order valence-electron chi connectivity index (χ4n) is 3.55. The van der Waals surface area contributed by atoms with Crippen molar-refractivity contribution in [3.63, 3.8) is 0 Å². The zero-order chi connectivity index (χ0) is 29.8. The molecule has 1 aromatic carbocycles. The lowest BCUT2D eigenvalue weighted by Crippen LogP contribution is -2.43. The maximum Gasteiger partial charge on any atom is 0.409 e. The Bertz CT molecular complexity index is 945. The normalized spacial score (nSPS) is 13.1. The van der Waals surface area contributed by atoms with Gasteiger partial charge in [0.25, 0.3) is 0 Å². The van der Waals surface area contributed by atoms with Crippen molar-refractivity contribution >= 4 is 29.5 Å². The lowest BCUT2D eigenvalue weighted by atomic mass is 9.90. The monoisotopic (exact) mass is 548 g/mol. The van der Waals surface area contributed by atoms with Gasteiger partial charge in [-0.15, -0.1) is 0 Å². The van der Waals surface area contributed by atoms with Crippen LogP contribution < -0.4 is 22.1 Å². The predicted molar refractivity (Wildman–Crippen MR) is 153 cm³/mol. The zero-order valence-corrected chi connectivity index (χ0v) is 24.6. The number of nitrogens with one attached hydrogen (secondary N) is 2. The van der Waals surface area contributed by atoms with Crippen molar-refractivity contribution in [2.45, 2.75) is 72.1 Å². The summed E-state index contributed by atoms with van der Waals surface area (Å²) in [6, 6.07) is 5.68. The molecule has 1 aromatic rings. The summed E-state index contributed by atoms with van der Waals surface area (Å²) < 4.78 is 5.42. The second-order valence-electron chi connectivity index (χ2n) is 11.3. The van der Waals surface area contributed by atoms with Gasteiger partial charge in [0.1, 0.15) is 6.61 Å². The van der Waals surface area contributed by atoms with Gasteiger partial charge >= 0.3 is 12.1 Å². The SMILES string of the molecule is CC(C)[C@H](N)C(=O)C[C@@H](CCCNC(N)=O)C(=O)Nc1ccc(COC(=O)N(C)CCN(C)C(C)(C)C)cc1. The first kappa shape index (κ1) is 33.8. The number of ether oxygens (including phenoxy) is 1. The minimum atomic E-state index is -0.649. The van der Waals surface area contributed by atoms with Crippen molar-refractivity contribution in [3.8, 4) is 0 Å². The molecular weight excluding hydrogens is 500 g/mol. The highest BCUT2D eigenvalue weighted by Gasteiger charge is 2.26. The molecule has 0 fully saturated rings. The molecule has 0 radical (unpaired) electrons. The van der Waals surface area contributed by atoms with E-state index >= 15 is 0 Å². The van der Waals surface area contributed by atoms with E-state index in [0.717, 1.165) is 12.1 Å². The topological polar surface area (TPSA) is 160 Å². The Morgan fingerprint density at radius 3 is 2.18 bits per heavy atom. The molecule has 0 heterocycles. The Morgan fingerprint density at radius 2 is 1.64 bits per heavy atom. The molecule has 0 unspecified atom stereocenters. The Morgan fingerprint density at radius 1 is 1.03 bits per heavy atom. The third-order valence-corrected chi connectivity index (χ3v) is 6.75. The van der Waals surface area contributed by atoms with Gasteiger partial charge in [0.2, 0.25) is 5.91 Å². The molecule has 0 spiro atoms. The standard InChI is InChI=1S/C28H48N6O5/c1-19(2)24(29)23(35)17-21(9-8-14-31-26(30)37)25(36)32-22-12-10-20(11-13-22)18-39-27(38)33(6)15-16-34(7)28(3,4)5/h10-13,19,21,24H,8-9,14-18,29H2,1-7H3,(H,32,36)(H3,30,31,37)/t21-,24+/m1/s1. The van der Waals surface area contributed by atoms with Crippen molar-refractivity contribution in [1.82, 2.24) is 15.1 Å². The summed E-state index contributed by atoms with van der Waals surface area (Å²) in [6.45, 7) is 11.7. The summed E-state index contributed by atoms with van der Waals surface area (Å²) in [4.78, 5) is 52.6. The summed E-state index contributed by atoms with van der Waals surface area (Å²) in [5.41, 5.74) is 12.4. The van der Waals surface area contributed by atoms with Crippen LogP contribution in [0.4, 0.5) is 15.3 Å². The Balaban J connectivity index is 2.68. The van der Waals surface area contributed by atoms with Crippen LogP contribution in [0.25, 0.3) is 0 Å². The van der Waals surface area contributed by atoms with Gasteiger partial charge in [0, 0.05) is 50.2 Å². The summed E-state index contributed by atoms with van der Waals surface area (Å²) in [5, 5.41) is 5.34. The number of carbonyl (C=O) groups excluding carboxylic acids is 4. The number of benzene rings is 1. The molecule has 220 valence electrons. The van der Waals surface area contributed by atoms with Crippen LogP contribution in [0.15, 0.2) is 24.3 Å². The highest BCUT2D eigenvalue weighted by atomic mass is 16.6. The van der Waals surface area contributed by atoms with Gasteiger partial charge in [-0.2, -0.15) is 0 Å². The van der Waals surface area contributed by atoms with E-state index in [4.69, 9.17) is 16.2 Å². The van der Waals surface area contributed by atoms with Gasteiger partial charge in [-0.1, -0.05) is 26.0 Å². The van der Waals surface area contributed by atoms with Crippen molar-refractivity contribution in [2.75, 3.05) is 39.0 Å². The molecule has 11 nitrogen and oxygen atoms in total. The maximum atomic E-state index is 13.0. The molecule has 11 heteroatoms. The van der Waals surface area contributed by atoms with Crippen molar-refractivity contribution in [2.24, 2.45) is 23.3 Å². The first-order chi connectivity index (χ1) is 18.1. The third-order valence-electron chi connectivity index (χ3n) is 6.75. The number of rotatable bonds is 15. The largest absolute Gasteiger partial charge is 0.445 e. The number of hydrogen-bond donors (Lipinski definition) is 4. The van der Waals surface area contributed by atoms with E-state index in [1.807, 2.05) is 20.9 Å². The number of nitrogens with two attached hydrogens (primary N) is 2. The lowest BCUT2D eigenvalue weighted by molar-refractivity contribution is -0.127. The molecule has 39 heavy (non-hydrogen) atoms. The molecule has 0 saturated carbocycles. The average molecular weight is 549 g/mol. The van der Waals surface area contributed by atoms with Gasteiger partial charge in [0.15, 0.2) is 5.78 Å². The van der Waals surface area contributed by atoms with Crippen LogP contribution in [0.3, 0.4) is 0 Å². The highest BCUT2D eigenvalue weighted by Crippen LogP contribution is 2.19. The van der Waals surface area contributed by atoms with Crippen molar-refractivity contribution in [1.29, 1.82) is 0 Å². The second-order valence-corrected chi connectivity index (χ2v) is 11.3. The van der Waals surface area contributed by atoms with Gasteiger partial charge in [-0.3, -0.25) is 14.5 Å². The zero-order valence-electron chi connectivity index (χ0n) is 24.6. The minimum Gasteiger partial charge on any atom is -0.445 e. The number of hydrogen-bond acceptors (Lipinski definition) is 7. The predicted octanol–water partition coefficient (Wildman–Crippen LogP) is 2.93. The molecule has 6 N–H and O–H groups in total. The van der Waals surface area contributed by atoms with Gasteiger partial charge in [-0.25, -0.2) is 9.59 Å². The van der Waals surface area contributed by atoms with E-state index in [-0.39, 0.29) is 36.2 Å². The second kappa shape index (κ2) is 16.0. The number of urea groups is 1. The third kappa shape index (κ3) is 12.9. The molecule has 0 saturated heterocycles. The first-order valence-electron chi connectivity index (χ1n) is 13.4. The first-order valence-corrected chi connectivity index (χ1v) is 13.4. The fraction of sp³-hybridized carbons (Fsp3) is 0.643. The number of likely N-dealkylation sites (N-methyl/N-ethyl adjacent to an activating group) is 2. The summed E-state index contributed by atoms with van der Waals surface area (Å²) in [5.74, 6) is -1.13. The van der Waals surface area contributed by atoms with E-state index in [1.54, 1.807) is 36.2 Å². The molecule has 0 aliphatic carbocycles. The van der Waals surface area contributed by atoms with E-state index in [9.17, 15) is 19.2 Å². The van der Waals surface area contributed by atoms with Crippen LogP contribution in [0, 0.1) is 11.8 Å². The van der Waals surface area contributed by atoms with Gasteiger partial charge in [0.05, 0.1) is 6.04 Å². The molecule has 2 atom stereocenters. The Labute approximate surface area is 233 Å². The Hall–Kier alpha value is -3.18. The van der Waals surface area contributed by atoms with E-state index < -0.39 is 24.1 Å². The summed E-state index contributed by atoms with van der Waals surface area (Å²) in [7, 11) is 3.72. The molecule has 1 rings (SSSR count). The lowest BCUT2D eigenvalue weighted by Gasteiger charge is -2.33.